The van der Waals surface area contributed by atoms with E-state index in [1.54, 1.807) is 0 Å². The van der Waals surface area contributed by atoms with Gasteiger partial charge < -0.3 is 20.0 Å². The average molecular weight is 358 g/mol. The number of benzene rings is 2. The molecule has 2 aromatic carbocycles. The summed E-state index contributed by atoms with van der Waals surface area (Å²) >= 11 is 0. The maximum atomic E-state index is 12.8. The van der Waals surface area contributed by atoms with Crippen molar-refractivity contribution in [3.05, 3.63) is 59.4 Å². The van der Waals surface area contributed by atoms with E-state index in [1.165, 1.54) is 37.4 Å². The van der Waals surface area contributed by atoms with Crippen LogP contribution in [0.5, 0.6) is 5.75 Å². The van der Waals surface area contributed by atoms with Crippen molar-refractivity contribution in [3.8, 4) is 5.75 Å². The van der Waals surface area contributed by atoms with Crippen LogP contribution >= 0.6 is 0 Å². The highest BCUT2D eigenvalue weighted by atomic mass is 19.1. The number of nitrogens with one attached hydrogen (secondary N) is 2. The van der Waals surface area contributed by atoms with Gasteiger partial charge in [0, 0.05) is 11.3 Å². The number of hydrogen-bond donors (Lipinski definition) is 2. The lowest BCUT2D eigenvalue weighted by Gasteiger charge is -2.09. The lowest BCUT2D eigenvalue weighted by molar-refractivity contribution is -0.255. The predicted octanol–water partition coefficient (Wildman–Crippen LogP) is 0.287. The molecule has 0 atom stereocenters. The van der Waals surface area contributed by atoms with Gasteiger partial charge in [-0.05, 0) is 48.0 Å². The molecule has 8 nitrogen and oxygen atoms in total. The monoisotopic (exact) mass is 358 g/mol. The molecule has 0 radical (unpaired) electrons. The molecule has 2 N–H and O–H groups in total. The highest BCUT2D eigenvalue weighted by Gasteiger charge is 2.12. The van der Waals surface area contributed by atoms with E-state index in [9.17, 15) is 23.9 Å². The second kappa shape index (κ2) is 8.38. The number of amides is 2. The minimum atomic E-state index is -1.43. The maximum absolute atomic E-state index is 12.8. The van der Waals surface area contributed by atoms with Crippen LogP contribution in [0.4, 0.5) is 10.1 Å². The zero-order valence-electron chi connectivity index (χ0n) is 13.5. The lowest BCUT2D eigenvalue weighted by atomic mass is 10.1. The van der Waals surface area contributed by atoms with Crippen molar-refractivity contribution in [1.29, 1.82) is 0 Å². The predicted molar refractivity (Wildman–Crippen MR) is 88.1 cm³/mol. The summed E-state index contributed by atoms with van der Waals surface area (Å²) in [6.45, 7) is 0. The minimum Gasteiger partial charge on any atom is -0.545 e. The van der Waals surface area contributed by atoms with Gasteiger partial charge >= 0.3 is 11.8 Å². The van der Waals surface area contributed by atoms with Crippen LogP contribution in [0.25, 0.3) is 0 Å². The van der Waals surface area contributed by atoms with Crippen molar-refractivity contribution in [2.24, 2.45) is 5.10 Å². The van der Waals surface area contributed by atoms with Crippen LogP contribution in [0.3, 0.4) is 0 Å². The van der Waals surface area contributed by atoms with E-state index in [0.717, 1.165) is 18.3 Å². The van der Waals surface area contributed by atoms with E-state index in [-0.39, 0.29) is 17.0 Å². The Balaban J connectivity index is 1.97. The number of anilines is 1. The Bertz CT molecular complexity index is 865. The number of carbonyl (C=O) groups excluding carboxylic acids is 3. The highest BCUT2D eigenvalue weighted by Crippen LogP contribution is 2.18. The first-order valence-electron chi connectivity index (χ1n) is 7.20. The Morgan fingerprint density at radius 3 is 2.42 bits per heavy atom. The molecule has 2 aromatic rings. The molecule has 0 aliphatic rings. The number of carboxylic acids is 1. The number of rotatable bonds is 5. The number of hydrogen-bond acceptors (Lipinski definition) is 6. The summed E-state index contributed by atoms with van der Waals surface area (Å²) in [6, 6.07) is 8.98. The van der Waals surface area contributed by atoms with Gasteiger partial charge in [-0.3, -0.25) is 9.59 Å². The molecule has 0 unspecified atom stereocenters. The molecule has 0 bridgehead atoms. The fourth-order valence-corrected chi connectivity index (χ4v) is 1.90. The first kappa shape index (κ1) is 18.6. The van der Waals surface area contributed by atoms with Crippen molar-refractivity contribution in [2.45, 2.75) is 0 Å². The summed E-state index contributed by atoms with van der Waals surface area (Å²) < 4.78 is 17.7. The summed E-state index contributed by atoms with van der Waals surface area (Å²) in [7, 11) is 1.31. The quantitative estimate of drug-likeness (QED) is 0.452. The first-order valence-corrected chi connectivity index (χ1v) is 7.20. The average Bonchev–Trinajstić information content (AvgIpc) is 2.63. The number of halogens is 1. The van der Waals surface area contributed by atoms with E-state index < -0.39 is 23.6 Å². The van der Waals surface area contributed by atoms with Crippen molar-refractivity contribution < 1.29 is 28.6 Å². The highest BCUT2D eigenvalue weighted by molar-refractivity contribution is 6.39. The van der Waals surface area contributed by atoms with Crippen LogP contribution in [0.1, 0.15) is 15.9 Å². The van der Waals surface area contributed by atoms with Crippen LogP contribution in [0.2, 0.25) is 0 Å². The number of carboxylic acid groups (broad SMARTS) is 1. The van der Waals surface area contributed by atoms with Crippen LogP contribution in [0.15, 0.2) is 47.6 Å². The normalized spacial score (nSPS) is 10.4. The molecule has 134 valence electrons. The van der Waals surface area contributed by atoms with Crippen LogP contribution in [0, 0.1) is 5.82 Å². The number of hydrazone groups is 1. The second-order valence-corrected chi connectivity index (χ2v) is 4.91. The summed E-state index contributed by atoms with van der Waals surface area (Å²) in [4.78, 5) is 34.3. The minimum absolute atomic E-state index is 0.116. The Morgan fingerprint density at radius 1 is 1.12 bits per heavy atom. The Morgan fingerprint density at radius 2 is 1.81 bits per heavy atom. The van der Waals surface area contributed by atoms with Crippen LogP contribution in [-0.2, 0) is 9.59 Å². The molecule has 0 fully saturated rings. The molecule has 26 heavy (non-hydrogen) atoms. The summed E-state index contributed by atoms with van der Waals surface area (Å²) in [5, 5.41) is 16.9. The van der Waals surface area contributed by atoms with Gasteiger partial charge in [0.1, 0.15) is 11.6 Å². The SMILES string of the molecule is COc1ccc(/C=N\NC(=O)C(=O)Nc2ccc(F)cc2)cc1C(=O)[O-]. The summed E-state index contributed by atoms with van der Waals surface area (Å²) in [5.41, 5.74) is 2.38. The smallest absolute Gasteiger partial charge is 0.329 e. The third-order valence-electron chi connectivity index (χ3n) is 3.13. The molecule has 9 heteroatoms. The van der Waals surface area contributed by atoms with Crippen molar-refractivity contribution >= 4 is 29.7 Å². The van der Waals surface area contributed by atoms with Crippen LogP contribution in [-0.4, -0.2) is 31.1 Å². The summed E-state index contributed by atoms with van der Waals surface area (Å²) in [5.74, 6) is -3.85. The zero-order chi connectivity index (χ0) is 19.1. The standard InChI is InChI=1S/C17H14FN3O5/c1-26-14-7-2-10(8-13(14)17(24)25)9-19-21-16(23)15(22)20-12-5-3-11(18)4-6-12/h2-9H,1H3,(H,20,22)(H,21,23)(H,24,25)/p-1/b19-9-. The van der Waals surface area contributed by atoms with Gasteiger partial charge in [-0.15, -0.1) is 0 Å². The van der Waals surface area contributed by atoms with Gasteiger partial charge in [0.25, 0.3) is 0 Å². The summed E-state index contributed by atoms with van der Waals surface area (Å²) in [6.07, 6.45) is 1.15. The van der Waals surface area contributed by atoms with Crippen molar-refractivity contribution in [2.75, 3.05) is 12.4 Å². The fourth-order valence-electron chi connectivity index (χ4n) is 1.90. The number of methoxy groups -OCH3 is 1. The molecule has 0 saturated heterocycles. The largest absolute Gasteiger partial charge is 0.545 e. The van der Waals surface area contributed by atoms with Gasteiger partial charge in [-0.2, -0.15) is 5.10 Å². The molecular formula is C17H13FN3O5-. The second-order valence-electron chi connectivity index (χ2n) is 4.91. The number of nitrogens with zero attached hydrogens (tertiary/aromatic N) is 1. The van der Waals surface area contributed by atoms with E-state index in [4.69, 9.17) is 4.74 Å². The fraction of sp³-hybridized carbons (Fsp3) is 0.0588. The Hall–Kier alpha value is -3.75. The third kappa shape index (κ3) is 4.87. The molecule has 2 amide bonds. The van der Waals surface area contributed by atoms with E-state index >= 15 is 0 Å². The van der Waals surface area contributed by atoms with Gasteiger partial charge in [0.05, 0.1) is 19.3 Å². The van der Waals surface area contributed by atoms with Gasteiger partial charge in [-0.1, -0.05) is 0 Å². The Labute approximate surface area is 147 Å². The van der Waals surface area contributed by atoms with E-state index in [2.05, 4.69) is 10.4 Å². The molecule has 0 spiro atoms. The topological polar surface area (TPSA) is 120 Å². The van der Waals surface area contributed by atoms with Gasteiger partial charge in [0.15, 0.2) is 0 Å². The van der Waals surface area contributed by atoms with E-state index in [1.807, 2.05) is 5.43 Å². The number of carbonyl (C=O) groups is 3. The Kier molecular flexibility index (Phi) is 5.99. The molecule has 0 heterocycles. The van der Waals surface area contributed by atoms with Gasteiger partial charge in [-0.25, -0.2) is 9.82 Å². The zero-order valence-corrected chi connectivity index (χ0v) is 13.5. The van der Waals surface area contributed by atoms with E-state index in [0.29, 0.717) is 5.56 Å². The third-order valence-corrected chi connectivity index (χ3v) is 3.13. The molecule has 0 aromatic heterocycles. The molecular weight excluding hydrogens is 345 g/mol. The molecule has 2 rings (SSSR count). The number of aromatic carboxylic acids is 1. The first-order chi connectivity index (χ1) is 12.4. The van der Waals surface area contributed by atoms with Crippen molar-refractivity contribution in [3.63, 3.8) is 0 Å². The van der Waals surface area contributed by atoms with Crippen LogP contribution < -0.4 is 20.6 Å². The lowest BCUT2D eigenvalue weighted by Crippen LogP contribution is -2.32. The maximum Gasteiger partial charge on any atom is 0.329 e. The number of ether oxygens (including phenoxy) is 1. The van der Waals surface area contributed by atoms with Gasteiger partial charge in [0.2, 0.25) is 0 Å². The molecule has 0 saturated carbocycles. The molecule has 0 aliphatic carbocycles. The van der Waals surface area contributed by atoms with Crippen molar-refractivity contribution in [1.82, 2.24) is 5.43 Å². The molecule has 0 aliphatic heterocycles.